The van der Waals surface area contributed by atoms with Crippen LogP contribution in [0.1, 0.15) is 70.7 Å². The molecule has 9 heteroatoms. The SMILES string of the molecule is COCCCOc1cc(C(=O)N(C(C)C)C2CCC(CC=O)N(C(=O)OC(C)(C)C)C2)ccc1OC. The first-order chi connectivity index (χ1) is 17.0. The molecule has 0 saturated carbocycles. The first kappa shape index (κ1) is 29.4. The van der Waals surface area contributed by atoms with Crippen molar-refractivity contribution in [1.82, 2.24) is 9.80 Å². The molecule has 36 heavy (non-hydrogen) atoms. The predicted octanol–water partition coefficient (Wildman–Crippen LogP) is 4.32. The van der Waals surface area contributed by atoms with Crippen molar-refractivity contribution in [2.45, 2.75) is 84.0 Å². The summed E-state index contributed by atoms with van der Waals surface area (Å²) in [6.07, 6.45) is 2.60. The summed E-state index contributed by atoms with van der Waals surface area (Å²) in [6.45, 7) is 10.6. The number of hydrogen-bond acceptors (Lipinski definition) is 7. The zero-order valence-electron chi connectivity index (χ0n) is 22.7. The van der Waals surface area contributed by atoms with Crippen LogP contribution in [0.4, 0.5) is 4.79 Å². The van der Waals surface area contributed by atoms with Gasteiger partial charge in [-0.25, -0.2) is 4.79 Å². The summed E-state index contributed by atoms with van der Waals surface area (Å²) in [4.78, 5) is 41.4. The van der Waals surface area contributed by atoms with Gasteiger partial charge in [0, 0.05) is 50.8 Å². The Morgan fingerprint density at radius 3 is 2.44 bits per heavy atom. The molecule has 1 saturated heterocycles. The maximum absolute atomic E-state index is 13.7. The largest absolute Gasteiger partial charge is 0.493 e. The van der Waals surface area contributed by atoms with Crippen molar-refractivity contribution >= 4 is 18.3 Å². The number of aldehydes is 1. The third-order valence-electron chi connectivity index (χ3n) is 6.02. The zero-order chi connectivity index (χ0) is 26.9. The second-order valence-corrected chi connectivity index (χ2v) is 10.3. The third kappa shape index (κ3) is 8.11. The lowest BCUT2D eigenvalue weighted by atomic mass is 9.94. The summed E-state index contributed by atoms with van der Waals surface area (Å²) < 4.78 is 22.0. The lowest BCUT2D eigenvalue weighted by Gasteiger charge is -2.44. The lowest BCUT2D eigenvalue weighted by molar-refractivity contribution is -0.109. The van der Waals surface area contributed by atoms with Crippen molar-refractivity contribution in [2.75, 3.05) is 34.0 Å². The number of piperidine rings is 1. The second kappa shape index (κ2) is 13.5. The fourth-order valence-electron chi connectivity index (χ4n) is 4.41. The fourth-order valence-corrected chi connectivity index (χ4v) is 4.41. The van der Waals surface area contributed by atoms with Crippen LogP contribution in [0.2, 0.25) is 0 Å². The van der Waals surface area contributed by atoms with Crippen molar-refractivity contribution in [2.24, 2.45) is 0 Å². The number of carbonyl (C=O) groups is 3. The van der Waals surface area contributed by atoms with Crippen LogP contribution in [0.3, 0.4) is 0 Å². The Morgan fingerprint density at radius 2 is 1.86 bits per heavy atom. The van der Waals surface area contributed by atoms with Gasteiger partial charge >= 0.3 is 6.09 Å². The van der Waals surface area contributed by atoms with Crippen LogP contribution in [0.15, 0.2) is 18.2 Å². The number of ether oxygens (including phenoxy) is 4. The van der Waals surface area contributed by atoms with E-state index in [1.807, 2.05) is 39.5 Å². The molecule has 0 N–H and O–H groups in total. The molecule has 0 spiro atoms. The quantitative estimate of drug-likeness (QED) is 0.326. The summed E-state index contributed by atoms with van der Waals surface area (Å²) in [5.41, 5.74) is -0.184. The van der Waals surface area contributed by atoms with E-state index in [2.05, 4.69) is 0 Å². The normalized spacial score (nSPS) is 18.1. The van der Waals surface area contributed by atoms with Crippen molar-refractivity contribution < 1.29 is 33.3 Å². The molecule has 1 aromatic carbocycles. The van der Waals surface area contributed by atoms with Gasteiger partial charge in [-0.1, -0.05) is 0 Å². The van der Waals surface area contributed by atoms with Crippen LogP contribution in [-0.2, 0) is 14.3 Å². The van der Waals surface area contributed by atoms with Gasteiger partial charge in [-0.2, -0.15) is 0 Å². The average Bonchev–Trinajstić information content (AvgIpc) is 2.81. The second-order valence-electron chi connectivity index (χ2n) is 10.3. The molecule has 9 nitrogen and oxygen atoms in total. The van der Waals surface area contributed by atoms with Gasteiger partial charge in [0.2, 0.25) is 0 Å². The maximum atomic E-state index is 13.7. The Balaban J connectivity index is 2.28. The monoisotopic (exact) mass is 506 g/mol. The van der Waals surface area contributed by atoms with E-state index < -0.39 is 11.7 Å². The Labute approximate surface area is 215 Å². The van der Waals surface area contributed by atoms with Crippen LogP contribution >= 0.6 is 0 Å². The Hall–Kier alpha value is -2.81. The summed E-state index contributed by atoms with van der Waals surface area (Å²) in [6, 6.07) is 4.58. The first-order valence-electron chi connectivity index (χ1n) is 12.6. The molecule has 0 aliphatic carbocycles. The highest BCUT2D eigenvalue weighted by molar-refractivity contribution is 5.95. The highest BCUT2D eigenvalue weighted by atomic mass is 16.6. The molecule has 2 atom stereocenters. The minimum atomic E-state index is -0.661. The van der Waals surface area contributed by atoms with Crippen molar-refractivity contribution in [3.63, 3.8) is 0 Å². The van der Waals surface area contributed by atoms with E-state index in [1.54, 1.807) is 37.3 Å². The Bertz CT molecular complexity index is 881. The third-order valence-corrected chi connectivity index (χ3v) is 6.02. The van der Waals surface area contributed by atoms with Crippen LogP contribution in [-0.4, -0.2) is 85.8 Å². The van der Waals surface area contributed by atoms with Gasteiger partial charge in [0.1, 0.15) is 11.9 Å². The van der Waals surface area contributed by atoms with Gasteiger partial charge < -0.3 is 33.5 Å². The van der Waals surface area contributed by atoms with E-state index in [-0.39, 0.29) is 30.5 Å². The van der Waals surface area contributed by atoms with E-state index >= 15 is 0 Å². The molecule has 1 heterocycles. The lowest BCUT2D eigenvalue weighted by Crippen LogP contribution is -2.57. The molecule has 1 aromatic rings. The molecule has 0 radical (unpaired) electrons. The van der Waals surface area contributed by atoms with Gasteiger partial charge in [0.05, 0.1) is 19.8 Å². The van der Waals surface area contributed by atoms with E-state index in [4.69, 9.17) is 18.9 Å². The van der Waals surface area contributed by atoms with E-state index in [1.165, 1.54) is 0 Å². The predicted molar refractivity (Wildman–Crippen MR) is 137 cm³/mol. The topological polar surface area (TPSA) is 94.6 Å². The summed E-state index contributed by atoms with van der Waals surface area (Å²) in [7, 11) is 3.19. The van der Waals surface area contributed by atoms with E-state index in [0.717, 1.165) is 6.29 Å². The van der Waals surface area contributed by atoms with Crippen LogP contribution < -0.4 is 9.47 Å². The molecule has 2 rings (SSSR count). The maximum Gasteiger partial charge on any atom is 0.410 e. The Morgan fingerprint density at radius 1 is 1.14 bits per heavy atom. The molecule has 1 fully saturated rings. The summed E-state index contributed by atoms with van der Waals surface area (Å²) in [5, 5.41) is 0. The zero-order valence-corrected chi connectivity index (χ0v) is 22.7. The number of carbonyl (C=O) groups excluding carboxylic acids is 3. The molecular formula is C27H42N2O7. The minimum absolute atomic E-state index is 0.112. The van der Waals surface area contributed by atoms with Gasteiger partial charge in [-0.05, 0) is 65.7 Å². The molecule has 2 amide bonds. The highest BCUT2D eigenvalue weighted by Crippen LogP contribution is 2.31. The standard InChI is InChI=1S/C27H42N2O7/c1-19(2)29(22-11-10-21(13-14-30)28(18-22)26(32)36-27(3,4)5)25(31)20-9-12-23(34-7)24(17-20)35-16-8-15-33-6/h9,12,14,17,19,21-22H,8,10-11,13,15-16,18H2,1-7H3. The number of rotatable bonds is 11. The minimum Gasteiger partial charge on any atom is -0.493 e. The van der Waals surface area contributed by atoms with Crippen molar-refractivity contribution in [3.05, 3.63) is 23.8 Å². The molecule has 0 aromatic heterocycles. The smallest absolute Gasteiger partial charge is 0.410 e. The molecule has 1 aliphatic heterocycles. The van der Waals surface area contributed by atoms with Gasteiger partial charge in [0.25, 0.3) is 5.91 Å². The number of benzene rings is 1. The molecule has 2 unspecified atom stereocenters. The summed E-state index contributed by atoms with van der Waals surface area (Å²) >= 11 is 0. The number of methoxy groups -OCH3 is 2. The molecule has 0 bridgehead atoms. The first-order valence-corrected chi connectivity index (χ1v) is 12.6. The van der Waals surface area contributed by atoms with E-state index in [0.29, 0.717) is 56.1 Å². The van der Waals surface area contributed by atoms with Gasteiger partial charge in [-0.3, -0.25) is 4.79 Å². The number of amides is 2. The molecule has 202 valence electrons. The Kier molecular flexibility index (Phi) is 11.0. The van der Waals surface area contributed by atoms with Crippen molar-refractivity contribution in [1.29, 1.82) is 0 Å². The van der Waals surface area contributed by atoms with Crippen LogP contribution in [0, 0.1) is 0 Å². The summed E-state index contributed by atoms with van der Waals surface area (Å²) in [5.74, 6) is 0.885. The number of hydrogen-bond donors (Lipinski definition) is 0. The fraction of sp³-hybridized carbons (Fsp3) is 0.667. The molecule has 1 aliphatic rings. The average molecular weight is 507 g/mol. The number of nitrogens with zero attached hydrogens (tertiary/aromatic N) is 2. The van der Waals surface area contributed by atoms with Crippen molar-refractivity contribution in [3.8, 4) is 11.5 Å². The highest BCUT2D eigenvalue weighted by Gasteiger charge is 2.38. The number of likely N-dealkylation sites (tertiary alicyclic amines) is 1. The van der Waals surface area contributed by atoms with Crippen LogP contribution in [0.25, 0.3) is 0 Å². The van der Waals surface area contributed by atoms with E-state index in [9.17, 15) is 14.4 Å². The van der Waals surface area contributed by atoms with Gasteiger partial charge in [0.15, 0.2) is 11.5 Å². The van der Waals surface area contributed by atoms with Crippen LogP contribution in [0.5, 0.6) is 11.5 Å². The van der Waals surface area contributed by atoms with Gasteiger partial charge in [-0.15, -0.1) is 0 Å². The molecular weight excluding hydrogens is 464 g/mol.